The highest BCUT2D eigenvalue weighted by Gasteiger charge is 2.20. The average Bonchev–Trinajstić information content (AvgIpc) is 2.72. The van der Waals surface area contributed by atoms with Gasteiger partial charge in [0, 0.05) is 38.4 Å². The maximum absolute atomic E-state index is 10.5. The number of anilines is 1. The minimum Gasteiger partial charge on any atom is -0.375 e. The van der Waals surface area contributed by atoms with Gasteiger partial charge in [0.1, 0.15) is 6.23 Å². The number of hydrogen-bond acceptors (Lipinski definition) is 4. The molecule has 1 aliphatic rings. The van der Waals surface area contributed by atoms with Crippen molar-refractivity contribution in [2.75, 3.05) is 37.6 Å². The zero-order valence-corrected chi connectivity index (χ0v) is 15.5. The lowest BCUT2D eigenvalue weighted by atomic mass is 10.1. The molecule has 26 heavy (non-hydrogen) atoms. The van der Waals surface area contributed by atoms with E-state index in [0.717, 1.165) is 44.8 Å². The summed E-state index contributed by atoms with van der Waals surface area (Å²) in [7, 11) is 0. The highest BCUT2D eigenvalue weighted by molar-refractivity contribution is 5.50. The van der Waals surface area contributed by atoms with Crippen LogP contribution < -0.4 is 10.2 Å². The summed E-state index contributed by atoms with van der Waals surface area (Å²) in [5.74, 6) is 0. The predicted octanol–water partition coefficient (Wildman–Crippen LogP) is 2.95. The highest BCUT2D eigenvalue weighted by atomic mass is 16.3. The van der Waals surface area contributed by atoms with Gasteiger partial charge < -0.3 is 15.3 Å². The van der Waals surface area contributed by atoms with E-state index < -0.39 is 6.23 Å². The van der Waals surface area contributed by atoms with Crippen LogP contribution in [0.1, 0.15) is 18.1 Å². The van der Waals surface area contributed by atoms with E-state index in [0.29, 0.717) is 0 Å². The number of benzene rings is 2. The first kappa shape index (κ1) is 18.6. The van der Waals surface area contributed by atoms with Gasteiger partial charge in [-0.2, -0.15) is 0 Å². The number of aliphatic hydroxyl groups is 1. The molecule has 0 bridgehead atoms. The van der Waals surface area contributed by atoms with Crippen molar-refractivity contribution in [2.24, 2.45) is 0 Å². The maximum atomic E-state index is 10.5. The Bertz CT molecular complexity index is 676. The molecule has 1 aliphatic heterocycles. The fourth-order valence-electron chi connectivity index (χ4n) is 3.22. The fraction of sp³-hybridized carbons (Fsp3) is 0.364. The molecule has 4 nitrogen and oxygen atoms in total. The smallest absolute Gasteiger partial charge is 0.127 e. The molecule has 0 radical (unpaired) electrons. The third kappa shape index (κ3) is 5.18. The molecule has 2 aromatic rings. The van der Waals surface area contributed by atoms with Crippen molar-refractivity contribution in [1.82, 2.24) is 10.2 Å². The Balaban J connectivity index is 1.49. The van der Waals surface area contributed by atoms with Crippen molar-refractivity contribution in [3.63, 3.8) is 0 Å². The highest BCUT2D eigenvalue weighted by Crippen LogP contribution is 2.17. The van der Waals surface area contributed by atoms with Crippen LogP contribution in [-0.2, 0) is 6.54 Å². The van der Waals surface area contributed by atoms with Crippen LogP contribution in [0.25, 0.3) is 6.08 Å². The number of para-hydroxylation sites is 1. The first-order valence-electron chi connectivity index (χ1n) is 9.46. The molecule has 1 saturated heterocycles. The van der Waals surface area contributed by atoms with Crippen LogP contribution >= 0.6 is 0 Å². The molecular weight excluding hydrogens is 322 g/mol. The number of hydrogen-bond donors (Lipinski definition) is 2. The van der Waals surface area contributed by atoms with Crippen molar-refractivity contribution >= 4 is 11.8 Å². The topological polar surface area (TPSA) is 38.7 Å². The predicted molar refractivity (Wildman–Crippen MR) is 109 cm³/mol. The summed E-state index contributed by atoms with van der Waals surface area (Å²) in [6.07, 6.45) is 3.36. The van der Waals surface area contributed by atoms with Gasteiger partial charge in [0.15, 0.2) is 0 Å². The Morgan fingerprint density at radius 1 is 1.00 bits per heavy atom. The number of aliphatic hydroxyl groups excluding tert-OH is 1. The number of rotatable bonds is 7. The van der Waals surface area contributed by atoms with Gasteiger partial charge in [-0.25, -0.2) is 0 Å². The van der Waals surface area contributed by atoms with E-state index >= 15 is 0 Å². The average molecular weight is 351 g/mol. The Hall–Kier alpha value is -2.14. The van der Waals surface area contributed by atoms with Crippen LogP contribution in [0, 0.1) is 0 Å². The van der Waals surface area contributed by atoms with Crippen molar-refractivity contribution in [1.29, 1.82) is 0 Å². The minimum atomic E-state index is -0.533. The van der Waals surface area contributed by atoms with Crippen molar-refractivity contribution < 1.29 is 5.11 Å². The molecule has 4 heteroatoms. The van der Waals surface area contributed by atoms with E-state index in [2.05, 4.69) is 70.6 Å². The Kier molecular flexibility index (Phi) is 6.83. The molecule has 1 fully saturated rings. The molecule has 1 unspecified atom stereocenters. The SMILES string of the molecule is CCNCc1ccc(/C=C/C(O)N2CCN(c3ccccc3)CC2)cc1. The summed E-state index contributed by atoms with van der Waals surface area (Å²) in [6.45, 7) is 7.59. The van der Waals surface area contributed by atoms with Crippen molar-refractivity contribution in [3.05, 3.63) is 71.8 Å². The van der Waals surface area contributed by atoms with Gasteiger partial charge in [-0.1, -0.05) is 55.5 Å². The second-order valence-corrected chi connectivity index (χ2v) is 6.65. The summed E-state index contributed by atoms with van der Waals surface area (Å²) in [5.41, 5.74) is 3.66. The first-order chi connectivity index (χ1) is 12.8. The van der Waals surface area contributed by atoms with E-state index in [1.807, 2.05) is 18.2 Å². The third-order valence-electron chi connectivity index (χ3n) is 4.83. The third-order valence-corrected chi connectivity index (χ3v) is 4.83. The summed E-state index contributed by atoms with van der Waals surface area (Å²) in [4.78, 5) is 4.49. The lowest BCUT2D eigenvalue weighted by molar-refractivity contribution is 0.0384. The van der Waals surface area contributed by atoms with Gasteiger partial charge in [-0.15, -0.1) is 0 Å². The Morgan fingerprint density at radius 2 is 1.69 bits per heavy atom. The van der Waals surface area contributed by atoms with E-state index in [-0.39, 0.29) is 0 Å². The van der Waals surface area contributed by atoms with Gasteiger partial charge in [0.05, 0.1) is 0 Å². The van der Waals surface area contributed by atoms with Crippen LogP contribution in [0.2, 0.25) is 0 Å². The van der Waals surface area contributed by atoms with Gasteiger partial charge in [0.2, 0.25) is 0 Å². The normalized spacial score (nSPS) is 16.9. The summed E-state index contributed by atoms with van der Waals surface area (Å²) >= 11 is 0. The van der Waals surface area contributed by atoms with Crippen LogP contribution in [0.15, 0.2) is 60.7 Å². The largest absolute Gasteiger partial charge is 0.375 e. The monoisotopic (exact) mass is 351 g/mol. The summed E-state index contributed by atoms with van der Waals surface area (Å²) in [5, 5.41) is 13.8. The maximum Gasteiger partial charge on any atom is 0.127 e. The molecule has 0 saturated carbocycles. The quantitative estimate of drug-likeness (QED) is 0.804. The molecule has 0 aromatic heterocycles. The second kappa shape index (κ2) is 9.53. The number of nitrogens with zero attached hydrogens (tertiary/aromatic N) is 2. The molecule has 138 valence electrons. The molecule has 2 N–H and O–H groups in total. The van der Waals surface area contributed by atoms with Crippen LogP contribution in [0.5, 0.6) is 0 Å². The minimum absolute atomic E-state index is 0.533. The van der Waals surface area contributed by atoms with Crippen molar-refractivity contribution in [3.8, 4) is 0 Å². The van der Waals surface area contributed by atoms with Gasteiger partial charge in [0.25, 0.3) is 0 Å². The molecule has 1 atom stereocenters. The first-order valence-corrected chi connectivity index (χ1v) is 9.46. The van der Waals surface area contributed by atoms with E-state index in [9.17, 15) is 5.11 Å². The van der Waals surface area contributed by atoms with Crippen LogP contribution in [-0.4, -0.2) is 49.0 Å². The summed E-state index contributed by atoms with van der Waals surface area (Å²) < 4.78 is 0. The zero-order chi connectivity index (χ0) is 18.2. The van der Waals surface area contributed by atoms with E-state index in [4.69, 9.17) is 0 Å². The number of piperazine rings is 1. The van der Waals surface area contributed by atoms with Gasteiger partial charge in [-0.3, -0.25) is 4.90 Å². The zero-order valence-electron chi connectivity index (χ0n) is 15.5. The standard InChI is InChI=1S/C22H29N3O/c1-2-23-18-20-10-8-19(9-11-20)12-13-22(26)25-16-14-24(15-17-25)21-6-4-3-5-7-21/h3-13,22-23,26H,2,14-18H2,1H3/b13-12+. The lowest BCUT2D eigenvalue weighted by Gasteiger charge is -2.37. The molecule has 0 spiro atoms. The van der Waals surface area contributed by atoms with Crippen LogP contribution in [0.3, 0.4) is 0 Å². The lowest BCUT2D eigenvalue weighted by Crippen LogP contribution is -2.49. The van der Waals surface area contributed by atoms with E-state index in [1.165, 1.54) is 11.3 Å². The molecule has 0 amide bonds. The summed E-state index contributed by atoms with van der Waals surface area (Å²) in [6, 6.07) is 18.9. The number of nitrogens with one attached hydrogen (secondary N) is 1. The molecule has 0 aliphatic carbocycles. The van der Waals surface area contributed by atoms with Gasteiger partial charge in [-0.05, 0) is 35.9 Å². The van der Waals surface area contributed by atoms with Crippen molar-refractivity contribution in [2.45, 2.75) is 19.7 Å². The molecular formula is C22H29N3O. The van der Waals surface area contributed by atoms with Crippen LogP contribution in [0.4, 0.5) is 5.69 Å². The molecule has 2 aromatic carbocycles. The Labute approximate surface area is 156 Å². The fourth-order valence-corrected chi connectivity index (χ4v) is 3.22. The molecule has 3 rings (SSSR count). The van der Waals surface area contributed by atoms with E-state index in [1.54, 1.807) is 0 Å². The van der Waals surface area contributed by atoms with Gasteiger partial charge >= 0.3 is 0 Å². The Morgan fingerprint density at radius 3 is 2.35 bits per heavy atom. The second-order valence-electron chi connectivity index (χ2n) is 6.65. The molecule has 1 heterocycles.